The third-order valence-corrected chi connectivity index (χ3v) is 5.45. The van der Waals surface area contributed by atoms with Gasteiger partial charge in [0.15, 0.2) is 0 Å². The number of nitrogens with one attached hydrogen (secondary N) is 1. The fraction of sp³-hybridized carbons (Fsp3) is 0.316. The van der Waals surface area contributed by atoms with Gasteiger partial charge in [-0.15, -0.1) is 5.10 Å². The molecular formula is C19H19BrN4O. The fourth-order valence-electron chi connectivity index (χ4n) is 3.24. The number of aromatic nitrogens is 3. The molecular weight excluding hydrogens is 380 g/mol. The van der Waals surface area contributed by atoms with Crippen LogP contribution in [-0.4, -0.2) is 27.4 Å². The number of aryl methyl sites for hydroxylation is 1. The number of benzene rings is 2. The van der Waals surface area contributed by atoms with Crippen LogP contribution < -0.4 is 5.32 Å². The van der Waals surface area contributed by atoms with Crippen molar-refractivity contribution in [1.82, 2.24) is 20.3 Å². The molecule has 1 aromatic heterocycles. The van der Waals surface area contributed by atoms with E-state index in [9.17, 15) is 4.79 Å². The van der Waals surface area contributed by atoms with Crippen molar-refractivity contribution in [2.24, 2.45) is 0 Å². The van der Waals surface area contributed by atoms with Crippen LogP contribution in [0, 0.1) is 0 Å². The van der Waals surface area contributed by atoms with Crippen molar-refractivity contribution in [3.63, 3.8) is 0 Å². The Labute approximate surface area is 154 Å². The fourth-order valence-corrected chi connectivity index (χ4v) is 3.63. The molecule has 2 aromatic carbocycles. The standard InChI is InChI=1S/C19H19BrN4O/c1-2-24-17-7-6-13(10-16(17)22-23-24)18(25)21-12-19(8-9-19)14-4-3-5-15(20)11-14/h3-7,10-11H,2,8-9,12H2,1H3,(H,21,25). The Morgan fingerprint density at radius 3 is 2.84 bits per heavy atom. The molecule has 5 nitrogen and oxygen atoms in total. The van der Waals surface area contributed by atoms with Crippen molar-refractivity contribution < 1.29 is 4.79 Å². The SMILES string of the molecule is CCn1nnc2cc(C(=O)NCC3(c4cccc(Br)c4)CC3)ccc21. The molecule has 0 atom stereocenters. The first kappa shape index (κ1) is 16.3. The van der Waals surface area contributed by atoms with E-state index in [4.69, 9.17) is 0 Å². The first-order valence-corrected chi connectivity index (χ1v) is 9.28. The van der Waals surface area contributed by atoms with E-state index < -0.39 is 0 Å². The summed E-state index contributed by atoms with van der Waals surface area (Å²) in [5.74, 6) is -0.0609. The van der Waals surface area contributed by atoms with Gasteiger partial charge in [0.2, 0.25) is 0 Å². The number of nitrogens with zero attached hydrogens (tertiary/aromatic N) is 3. The van der Waals surface area contributed by atoms with Crippen molar-refractivity contribution in [3.8, 4) is 0 Å². The first-order chi connectivity index (χ1) is 12.1. The van der Waals surface area contributed by atoms with Crippen LogP contribution in [0.25, 0.3) is 11.0 Å². The Balaban J connectivity index is 1.49. The maximum atomic E-state index is 12.6. The van der Waals surface area contributed by atoms with Crippen LogP contribution in [-0.2, 0) is 12.0 Å². The summed E-state index contributed by atoms with van der Waals surface area (Å²) in [6.07, 6.45) is 2.21. The van der Waals surface area contributed by atoms with Gasteiger partial charge in [0.1, 0.15) is 5.52 Å². The minimum atomic E-state index is -0.0609. The minimum Gasteiger partial charge on any atom is -0.351 e. The van der Waals surface area contributed by atoms with Crippen molar-refractivity contribution >= 4 is 32.9 Å². The first-order valence-electron chi connectivity index (χ1n) is 8.49. The second kappa shape index (κ2) is 6.26. The highest BCUT2D eigenvalue weighted by molar-refractivity contribution is 9.10. The minimum absolute atomic E-state index is 0.0609. The lowest BCUT2D eigenvalue weighted by Crippen LogP contribution is -2.32. The quantitative estimate of drug-likeness (QED) is 0.712. The lowest BCUT2D eigenvalue weighted by Gasteiger charge is -2.17. The highest BCUT2D eigenvalue weighted by Gasteiger charge is 2.44. The van der Waals surface area contributed by atoms with Gasteiger partial charge in [-0.05, 0) is 55.7 Å². The van der Waals surface area contributed by atoms with Gasteiger partial charge in [-0.3, -0.25) is 4.79 Å². The molecule has 1 fully saturated rings. The molecule has 0 radical (unpaired) electrons. The molecule has 0 saturated heterocycles. The summed E-state index contributed by atoms with van der Waals surface area (Å²) in [7, 11) is 0. The number of carbonyl (C=O) groups is 1. The topological polar surface area (TPSA) is 59.8 Å². The zero-order chi connectivity index (χ0) is 17.4. The maximum absolute atomic E-state index is 12.6. The molecule has 0 aliphatic heterocycles. The summed E-state index contributed by atoms with van der Waals surface area (Å²) in [6, 6.07) is 13.9. The molecule has 1 heterocycles. The largest absolute Gasteiger partial charge is 0.351 e. The molecule has 128 valence electrons. The highest BCUT2D eigenvalue weighted by atomic mass is 79.9. The molecule has 3 aromatic rings. The molecule has 1 aliphatic rings. The summed E-state index contributed by atoms with van der Waals surface area (Å²) < 4.78 is 2.90. The maximum Gasteiger partial charge on any atom is 0.251 e. The average Bonchev–Trinajstić information content (AvgIpc) is 3.31. The molecule has 1 amide bonds. The molecule has 25 heavy (non-hydrogen) atoms. The predicted molar refractivity (Wildman–Crippen MR) is 101 cm³/mol. The van der Waals surface area contributed by atoms with Crippen LogP contribution in [0.15, 0.2) is 46.9 Å². The molecule has 4 rings (SSSR count). The number of carbonyl (C=O) groups excluding carboxylic acids is 1. The molecule has 0 bridgehead atoms. The molecule has 0 spiro atoms. The normalized spacial score (nSPS) is 15.3. The zero-order valence-electron chi connectivity index (χ0n) is 14.0. The summed E-state index contributed by atoms with van der Waals surface area (Å²) >= 11 is 3.53. The van der Waals surface area contributed by atoms with Crippen LogP contribution in [0.2, 0.25) is 0 Å². The lowest BCUT2D eigenvalue weighted by molar-refractivity contribution is 0.0950. The van der Waals surface area contributed by atoms with E-state index in [-0.39, 0.29) is 11.3 Å². The Bertz CT molecular complexity index is 946. The molecule has 1 N–H and O–H groups in total. The van der Waals surface area contributed by atoms with Gasteiger partial charge in [0.05, 0.1) is 5.52 Å². The predicted octanol–water partition coefficient (Wildman–Crippen LogP) is 3.68. The number of rotatable bonds is 5. The van der Waals surface area contributed by atoms with E-state index in [2.05, 4.69) is 43.7 Å². The zero-order valence-corrected chi connectivity index (χ0v) is 15.6. The van der Waals surface area contributed by atoms with Gasteiger partial charge in [-0.2, -0.15) is 0 Å². The summed E-state index contributed by atoms with van der Waals surface area (Å²) in [4.78, 5) is 12.6. The van der Waals surface area contributed by atoms with Gasteiger partial charge >= 0.3 is 0 Å². The molecule has 0 unspecified atom stereocenters. The van der Waals surface area contributed by atoms with Crippen LogP contribution in [0.1, 0.15) is 35.7 Å². The second-order valence-corrected chi connectivity index (χ2v) is 7.50. The van der Waals surface area contributed by atoms with E-state index in [1.807, 2.05) is 41.9 Å². The Morgan fingerprint density at radius 1 is 1.28 bits per heavy atom. The number of hydrogen-bond donors (Lipinski definition) is 1. The van der Waals surface area contributed by atoms with Crippen molar-refractivity contribution in [3.05, 3.63) is 58.1 Å². The van der Waals surface area contributed by atoms with Gasteiger partial charge < -0.3 is 5.32 Å². The van der Waals surface area contributed by atoms with Crippen LogP contribution >= 0.6 is 15.9 Å². The smallest absolute Gasteiger partial charge is 0.251 e. The molecule has 1 aliphatic carbocycles. The summed E-state index contributed by atoms with van der Waals surface area (Å²) in [5, 5.41) is 11.3. The van der Waals surface area contributed by atoms with Gasteiger partial charge in [0.25, 0.3) is 5.91 Å². The van der Waals surface area contributed by atoms with E-state index in [0.29, 0.717) is 12.1 Å². The van der Waals surface area contributed by atoms with E-state index in [1.165, 1.54) is 5.56 Å². The Kier molecular flexibility index (Phi) is 4.07. The van der Waals surface area contributed by atoms with Crippen LogP contribution in [0.3, 0.4) is 0 Å². The van der Waals surface area contributed by atoms with E-state index >= 15 is 0 Å². The third kappa shape index (κ3) is 3.06. The molecule has 1 saturated carbocycles. The number of halogens is 1. The van der Waals surface area contributed by atoms with Crippen molar-refractivity contribution in [2.45, 2.75) is 31.7 Å². The number of fused-ring (bicyclic) bond motifs is 1. The van der Waals surface area contributed by atoms with E-state index in [1.54, 1.807) is 0 Å². The monoisotopic (exact) mass is 398 g/mol. The van der Waals surface area contributed by atoms with Crippen LogP contribution in [0.5, 0.6) is 0 Å². The lowest BCUT2D eigenvalue weighted by atomic mass is 9.96. The summed E-state index contributed by atoms with van der Waals surface area (Å²) in [5.41, 5.74) is 3.69. The van der Waals surface area contributed by atoms with Crippen molar-refractivity contribution in [1.29, 1.82) is 0 Å². The average molecular weight is 399 g/mol. The van der Waals surface area contributed by atoms with Gasteiger partial charge in [-0.25, -0.2) is 4.68 Å². The number of hydrogen-bond acceptors (Lipinski definition) is 3. The van der Waals surface area contributed by atoms with Crippen molar-refractivity contribution in [2.75, 3.05) is 6.54 Å². The van der Waals surface area contributed by atoms with E-state index in [0.717, 1.165) is 34.9 Å². The molecule has 6 heteroatoms. The Morgan fingerprint density at radius 2 is 2.12 bits per heavy atom. The van der Waals surface area contributed by atoms with Crippen LogP contribution in [0.4, 0.5) is 0 Å². The Hall–Kier alpha value is -2.21. The van der Waals surface area contributed by atoms with Gasteiger partial charge in [0, 0.05) is 28.5 Å². The highest BCUT2D eigenvalue weighted by Crippen LogP contribution is 2.48. The second-order valence-electron chi connectivity index (χ2n) is 6.58. The number of amides is 1. The van der Waals surface area contributed by atoms with Gasteiger partial charge in [-0.1, -0.05) is 33.3 Å². The summed E-state index contributed by atoms with van der Waals surface area (Å²) in [6.45, 7) is 3.44. The third-order valence-electron chi connectivity index (χ3n) is 4.95.